The Labute approximate surface area is 85.0 Å². The highest BCUT2D eigenvalue weighted by Crippen LogP contribution is 1.96. The summed E-state index contributed by atoms with van der Waals surface area (Å²) in [5, 5.41) is 2.64. The van der Waals surface area contributed by atoms with Crippen molar-refractivity contribution in [3.8, 4) is 0 Å². The minimum absolute atomic E-state index is 0.0786. The molecule has 4 heteroatoms. The molecule has 0 fully saturated rings. The minimum Gasteiger partial charge on any atom is -0.447 e. The standard InChI is InChI=1S/C10H19NO3/c1-9(2)14-10(13)11-7-5-3-4-6-8-12/h8-9H,3-7H2,1-2H3,(H,11,13). The lowest BCUT2D eigenvalue weighted by Gasteiger charge is -2.08. The Balaban J connectivity index is 3.19. The van der Waals surface area contributed by atoms with Crippen LogP contribution in [0.4, 0.5) is 4.79 Å². The van der Waals surface area contributed by atoms with Crippen LogP contribution in [0.1, 0.15) is 39.5 Å². The largest absolute Gasteiger partial charge is 0.447 e. The first-order valence-electron chi connectivity index (χ1n) is 5.05. The number of rotatable bonds is 7. The average molecular weight is 201 g/mol. The van der Waals surface area contributed by atoms with Crippen LogP contribution in [0.3, 0.4) is 0 Å². The average Bonchev–Trinajstić information content (AvgIpc) is 2.10. The second kappa shape index (κ2) is 8.53. The van der Waals surface area contributed by atoms with Gasteiger partial charge in [0.15, 0.2) is 0 Å². The van der Waals surface area contributed by atoms with E-state index in [-0.39, 0.29) is 12.2 Å². The maximum atomic E-state index is 11.0. The Morgan fingerprint density at radius 3 is 2.64 bits per heavy atom. The van der Waals surface area contributed by atoms with Crippen molar-refractivity contribution in [1.82, 2.24) is 5.32 Å². The number of unbranched alkanes of at least 4 members (excludes halogenated alkanes) is 3. The van der Waals surface area contributed by atoms with Crippen LogP contribution in [0.15, 0.2) is 0 Å². The van der Waals surface area contributed by atoms with Gasteiger partial charge in [-0.25, -0.2) is 4.79 Å². The van der Waals surface area contributed by atoms with Crippen molar-refractivity contribution in [3.63, 3.8) is 0 Å². The molecule has 0 atom stereocenters. The van der Waals surface area contributed by atoms with E-state index >= 15 is 0 Å². The predicted molar refractivity (Wildman–Crippen MR) is 54.2 cm³/mol. The van der Waals surface area contributed by atoms with Crippen LogP contribution in [0.2, 0.25) is 0 Å². The molecule has 0 saturated carbocycles. The number of hydrogen-bond donors (Lipinski definition) is 1. The van der Waals surface area contributed by atoms with Gasteiger partial charge < -0.3 is 14.8 Å². The van der Waals surface area contributed by atoms with E-state index in [2.05, 4.69) is 5.32 Å². The highest BCUT2D eigenvalue weighted by atomic mass is 16.6. The van der Waals surface area contributed by atoms with E-state index in [4.69, 9.17) is 4.74 Å². The molecule has 0 bridgehead atoms. The molecular weight excluding hydrogens is 182 g/mol. The van der Waals surface area contributed by atoms with Gasteiger partial charge in [0, 0.05) is 13.0 Å². The number of amides is 1. The molecule has 0 radical (unpaired) electrons. The van der Waals surface area contributed by atoms with Crippen LogP contribution >= 0.6 is 0 Å². The van der Waals surface area contributed by atoms with Crippen molar-refractivity contribution >= 4 is 12.4 Å². The molecule has 1 N–H and O–H groups in total. The Hall–Kier alpha value is -1.06. The van der Waals surface area contributed by atoms with Gasteiger partial charge in [0.25, 0.3) is 0 Å². The molecule has 0 aliphatic rings. The van der Waals surface area contributed by atoms with Gasteiger partial charge in [-0.1, -0.05) is 6.42 Å². The van der Waals surface area contributed by atoms with Crippen molar-refractivity contribution in [3.05, 3.63) is 0 Å². The van der Waals surface area contributed by atoms with E-state index < -0.39 is 0 Å². The molecule has 14 heavy (non-hydrogen) atoms. The van der Waals surface area contributed by atoms with Crippen molar-refractivity contribution in [2.24, 2.45) is 0 Å². The van der Waals surface area contributed by atoms with E-state index in [1.165, 1.54) is 0 Å². The fourth-order valence-electron chi connectivity index (χ4n) is 0.976. The lowest BCUT2D eigenvalue weighted by molar-refractivity contribution is -0.107. The van der Waals surface area contributed by atoms with Gasteiger partial charge >= 0.3 is 6.09 Å². The summed E-state index contributed by atoms with van der Waals surface area (Å²) in [5.74, 6) is 0. The molecule has 0 unspecified atom stereocenters. The number of carbonyl (C=O) groups is 2. The maximum Gasteiger partial charge on any atom is 0.407 e. The van der Waals surface area contributed by atoms with E-state index in [0.717, 1.165) is 25.5 Å². The molecule has 0 aromatic rings. The van der Waals surface area contributed by atoms with Gasteiger partial charge in [0.05, 0.1) is 6.10 Å². The SMILES string of the molecule is CC(C)OC(=O)NCCCCCC=O. The van der Waals surface area contributed by atoms with Crippen LogP contribution in [-0.2, 0) is 9.53 Å². The Bertz CT molecular complexity index is 169. The number of ether oxygens (including phenoxy) is 1. The van der Waals surface area contributed by atoms with Crippen LogP contribution in [0, 0.1) is 0 Å². The molecule has 1 amide bonds. The highest BCUT2D eigenvalue weighted by molar-refractivity contribution is 5.67. The van der Waals surface area contributed by atoms with Gasteiger partial charge in [-0.05, 0) is 26.7 Å². The molecule has 0 rings (SSSR count). The Kier molecular flexibility index (Phi) is 7.89. The highest BCUT2D eigenvalue weighted by Gasteiger charge is 2.02. The fraction of sp³-hybridized carbons (Fsp3) is 0.800. The first-order chi connectivity index (χ1) is 6.66. The van der Waals surface area contributed by atoms with Crippen LogP contribution < -0.4 is 5.32 Å². The van der Waals surface area contributed by atoms with Crippen LogP contribution in [-0.4, -0.2) is 25.0 Å². The second-order valence-electron chi connectivity index (χ2n) is 3.40. The van der Waals surface area contributed by atoms with Crippen molar-refractivity contribution in [2.75, 3.05) is 6.54 Å². The first-order valence-corrected chi connectivity index (χ1v) is 5.05. The van der Waals surface area contributed by atoms with Gasteiger partial charge in [-0.3, -0.25) is 0 Å². The molecule has 0 aromatic carbocycles. The Morgan fingerprint density at radius 2 is 2.07 bits per heavy atom. The zero-order chi connectivity index (χ0) is 10.8. The zero-order valence-corrected chi connectivity index (χ0v) is 8.91. The number of alkyl carbamates (subject to hydrolysis) is 1. The summed E-state index contributed by atoms with van der Waals surface area (Å²) in [4.78, 5) is 20.9. The lowest BCUT2D eigenvalue weighted by atomic mass is 10.2. The van der Waals surface area contributed by atoms with Crippen molar-refractivity contribution in [1.29, 1.82) is 0 Å². The zero-order valence-electron chi connectivity index (χ0n) is 8.91. The number of hydrogen-bond acceptors (Lipinski definition) is 3. The van der Waals surface area contributed by atoms with E-state index in [1.807, 2.05) is 13.8 Å². The molecule has 0 spiro atoms. The minimum atomic E-state index is -0.365. The summed E-state index contributed by atoms with van der Waals surface area (Å²) in [6.07, 6.45) is 3.82. The van der Waals surface area contributed by atoms with E-state index in [1.54, 1.807) is 0 Å². The third-order valence-corrected chi connectivity index (χ3v) is 1.61. The summed E-state index contributed by atoms with van der Waals surface area (Å²) in [7, 11) is 0. The van der Waals surface area contributed by atoms with Crippen molar-refractivity contribution in [2.45, 2.75) is 45.6 Å². The summed E-state index contributed by atoms with van der Waals surface area (Å²) in [6, 6.07) is 0. The predicted octanol–water partition coefficient (Wildman–Crippen LogP) is 1.88. The second-order valence-corrected chi connectivity index (χ2v) is 3.40. The topological polar surface area (TPSA) is 55.4 Å². The monoisotopic (exact) mass is 201 g/mol. The maximum absolute atomic E-state index is 11.0. The molecule has 0 heterocycles. The fourth-order valence-corrected chi connectivity index (χ4v) is 0.976. The van der Waals surface area contributed by atoms with Crippen LogP contribution in [0.5, 0.6) is 0 Å². The smallest absolute Gasteiger partial charge is 0.407 e. The number of nitrogens with one attached hydrogen (secondary N) is 1. The first kappa shape index (κ1) is 12.9. The normalized spacial score (nSPS) is 9.93. The molecule has 0 aliphatic heterocycles. The van der Waals surface area contributed by atoms with E-state index in [9.17, 15) is 9.59 Å². The van der Waals surface area contributed by atoms with Gasteiger partial charge in [0.1, 0.15) is 6.29 Å². The molecule has 0 aliphatic carbocycles. The van der Waals surface area contributed by atoms with Crippen LogP contribution in [0.25, 0.3) is 0 Å². The number of carbonyl (C=O) groups excluding carboxylic acids is 2. The summed E-state index contributed by atoms with van der Waals surface area (Å²) < 4.78 is 4.87. The molecular formula is C10H19NO3. The lowest BCUT2D eigenvalue weighted by Crippen LogP contribution is -2.27. The van der Waals surface area contributed by atoms with Gasteiger partial charge in [-0.15, -0.1) is 0 Å². The third-order valence-electron chi connectivity index (χ3n) is 1.61. The molecule has 82 valence electrons. The van der Waals surface area contributed by atoms with Gasteiger partial charge in [-0.2, -0.15) is 0 Å². The van der Waals surface area contributed by atoms with Gasteiger partial charge in [0.2, 0.25) is 0 Å². The third kappa shape index (κ3) is 9.03. The summed E-state index contributed by atoms with van der Waals surface area (Å²) >= 11 is 0. The molecule has 0 saturated heterocycles. The number of aldehydes is 1. The summed E-state index contributed by atoms with van der Waals surface area (Å²) in [5.41, 5.74) is 0. The summed E-state index contributed by atoms with van der Waals surface area (Å²) in [6.45, 7) is 4.23. The molecule has 0 aromatic heterocycles. The van der Waals surface area contributed by atoms with Crippen molar-refractivity contribution < 1.29 is 14.3 Å². The molecule has 4 nitrogen and oxygen atoms in total. The van der Waals surface area contributed by atoms with E-state index in [0.29, 0.717) is 13.0 Å². The quantitative estimate of drug-likeness (QED) is 0.505. The Morgan fingerprint density at radius 1 is 1.36 bits per heavy atom.